The van der Waals surface area contributed by atoms with E-state index in [1.165, 1.54) is 21.8 Å². The highest BCUT2D eigenvalue weighted by molar-refractivity contribution is 8.18. The Labute approximate surface area is 186 Å². The first-order valence-corrected chi connectivity index (χ1v) is 10.5. The van der Waals surface area contributed by atoms with E-state index in [0.29, 0.717) is 15.9 Å². The van der Waals surface area contributed by atoms with Crippen LogP contribution in [-0.4, -0.2) is 59.4 Å². The van der Waals surface area contributed by atoms with Gasteiger partial charge in [0.15, 0.2) is 5.65 Å². The second kappa shape index (κ2) is 9.14. The molecule has 4 heterocycles. The lowest BCUT2D eigenvalue weighted by atomic mass is 10.2. The fraction of sp³-hybridized carbons (Fsp3) is 0.250. The molecule has 1 N–H and O–H groups in total. The number of nitrogens with one attached hydrogen (secondary N) is 1. The van der Waals surface area contributed by atoms with Crippen LogP contribution in [0.25, 0.3) is 17.1 Å². The summed E-state index contributed by atoms with van der Waals surface area (Å²) in [4.78, 5) is 58.8. The normalized spacial score (nSPS) is 15.2. The average molecular weight is 453 g/mol. The molecule has 164 valence electrons. The maximum absolute atomic E-state index is 12.5. The van der Waals surface area contributed by atoms with Crippen molar-refractivity contribution in [3.8, 4) is 0 Å². The van der Waals surface area contributed by atoms with Gasteiger partial charge < -0.3 is 5.32 Å². The fourth-order valence-electron chi connectivity index (χ4n) is 3.15. The summed E-state index contributed by atoms with van der Waals surface area (Å²) in [5.74, 6) is -0.707. The highest BCUT2D eigenvalue weighted by Gasteiger charge is 2.34. The number of hydrogen-bond donors (Lipinski definition) is 1. The number of carbonyl (C=O) groups excluding carboxylic acids is 3. The zero-order valence-electron chi connectivity index (χ0n) is 17.1. The van der Waals surface area contributed by atoms with E-state index >= 15 is 0 Å². The molecule has 0 unspecified atom stereocenters. The van der Waals surface area contributed by atoms with Gasteiger partial charge in [0, 0.05) is 45.5 Å². The third-order valence-electron chi connectivity index (χ3n) is 4.81. The van der Waals surface area contributed by atoms with Crippen LogP contribution < -0.4 is 10.9 Å². The van der Waals surface area contributed by atoms with Crippen molar-refractivity contribution < 1.29 is 14.4 Å². The average Bonchev–Trinajstić information content (AvgIpc) is 3.29. The van der Waals surface area contributed by atoms with Gasteiger partial charge in [0.2, 0.25) is 5.91 Å². The zero-order chi connectivity index (χ0) is 22.7. The first kappa shape index (κ1) is 21.4. The molecule has 1 fully saturated rings. The molecule has 0 radical (unpaired) electrons. The van der Waals surface area contributed by atoms with Crippen LogP contribution in [0.2, 0.25) is 0 Å². The Morgan fingerprint density at radius 2 is 2.06 bits per heavy atom. The number of fused-ring (bicyclic) bond motifs is 1. The molecule has 4 rings (SSSR count). The molecular formula is C20H19N7O4S. The molecule has 1 aliphatic rings. The minimum Gasteiger partial charge on any atom is -0.354 e. The monoisotopic (exact) mass is 453 g/mol. The summed E-state index contributed by atoms with van der Waals surface area (Å²) in [6.07, 6.45) is 7.71. The Morgan fingerprint density at radius 3 is 2.84 bits per heavy atom. The van der Waals surface area contributed by atoms with Gasteiger partial charge in [-0.3, -0.25) is 38.3 Å². The second-order valence-corrected chi connectivity index (χ2v) is 7.96. The summed E-state index contributed by atoms with van der Waals surface area (Å²) in [6, 6.07) is 3.53. The molecule has 32 heavy (non-hydrogen) atoms. The van der Waals surface area contributed by atoms with Gasteiger partial charge >= 0.3 is 0 Å². The van der Waals surface area contributed by atoms with Gasteiger partial charge in [0.25, 0.3) is 16.7 Å². The van der Waals surface area contributed by atoms with Crippen molar-refractivity contribution >= 4 is 45.9 Å². The molecular weight excluding hydrogens is 434 g/mol. The number of imide groups is 1. The van der Waals surface area contributed by atoms with Crippen molar-refractivity contribution in [2.75, 3.05) is 13.1 Å². The fourth-order valence-corrected chi connectivity index (χ4v) is 4.01. The summed E-state index contributed by atoms with van der Waals surface area (Å²) in [7, 11) is 1.69. The molecule has 1 saturated heterocycles. The molecule has 3 amide bonds. The molecule has 12 heteroatoms. The summed E-state index contributed by atoms with van der Waals surface area (Å²) in [5, 5.41) is 6.67. The lowest BCUT2D eigenvalue weighted by molar-refractivity contribution is -0.124. The van der Waals surface area contributed by atoms with Crippen LogP contribution >= 0.6 is 11.8 Å². The van der Waals surface area contributed by atoms with Gasteiger partial charge in [-0.2, -0.15) is 5.10 Å². The standard InChI is InChI=1S/C20H19N7O4S/c1-25-17-14(11-24-25)18(29)26(12-23-17)7-4-16(28)22-6-8-27-19(30)15(32-20(27)31)9-13-3-2-5-21-10-13/h2-3,5,9-12H,4,6-8H2,1H3,(H,22,28)/b15-9-. The van der Waals surface area contributed by atoms with Crippen LogP contribution in [0.15, 0.2) is 46.8 Å². The number of rotatable bonds is 7. The number of pyridine rings is 1. The molecule has 0 saturated carbocycles. The highest BCUT2D eigenvalue weighted by atomic mass is 32.2. The quantitative estimate of drug-likeness (QED) is 0.519. The Morgan fingerprint density at radius 1 is 1.22 bits per heavy atom. The molecule has 0 atom stereocenters. The molecule has 1 aliphatic heterocycles. The highest BCUT2D eigenvalue weighted by Crippen LogP contribution is 2.31. The van der Waals surface area contributed by atoms with Gasteiger partial charge in [-0.05, 0) is 29.5 Å². The molecule has 3 aromatic heterocycles. The summed E-state index contributed by atoms with van der Waals surface area (Å²) >= 11 is 0.853. The summed E-state index contributed by atoms with van der Waals surface area (Å²) < 4.78 is 2.85. The van der Waals surface area contributed by atoms with Crippen molar-refractivity contribution in [3.05, 3.63) is 57.9 Å². The van der Waals surface area contributed by atoms with E-state index in [4.69, 9.17) is 0 Å². The molecule has 3 aromatic rings. The van der Waals surface area contributed by atoms with Crippen molar-refractivity contribution in [1.29, 1.82) is 0 Å². The van der Waals surface area contributed by atoms with E-state index in [2.05, 4.69) is 20.4 Å². The van der Waals surface area contributed by atoms with E-state index in [1.54, 1.807) is 37.7 Å². The topological polar surface area (TPSA) is 132 Å². The van der Waals surface area contributed by atoms with Gasteiger partial charge in [-0.15, -0.1) is 0 Å². The van der Waals surface area contributed by atoms with E-state index in [9.17, 15) is 19.2 Å². The number of thioether (sulfide) groups is 1. The van der Waals surface area contributed by atoms with Gasteiger partial charge in [0.05, 0.1) is 17.4 Å². The van der Waals surface area contributed by atoms with Crippen LogP contribution in [0.1, 0.15) is 12.0 Å². The summed E-state index contributed by atoms with van der Waals surface area (Å²) in [5.41, 5.74) is 0.931. The van der Waals surface area contributed by atoms with Crippen LogP contribution in [0, 0.1) is 0 Å². The first-order chi connectivity index (χ1) is 15.4. The SMILES string of the molecule is Cn1ncc2c(=O)n(CCC(=O)NCCN3C(=O)S/C(=C\c4cccnc4)C3=O)cnc21. The van der Waals surface area contributed by atoms with Crippen molar-refractivity contribution in [3.63, 3.8) is 0 Å². The zero-order valence-corrected chi connectivity index (χ0v) is 17.9. The summed E-state index contributed by atoms with van der Waals surface area (Å²) in [6.45, 7) is 0.327. The van der Waals surface area contributed by atoms with Crippen LogP contribution in [-0.2, 0) is 23.2 Å². The number of aryl methyl sites for hydroxylation is 2. The van der Waals surface area contributed by atoms with E-state index in [1.807, 2.05) is 0 Å². The Bertz CT molecular complexity index is 1280. The van der Waals surface area contributed by atoms with Gasteiger partial charge in [0.1, 0.15) is 5.39 Å². The molecule has 11 nitrogen and oxygen atoms in total. The predicted molar refractivity (Wildman–Crippen MR) is 117 cm³/mol. The molecule has 0 spiro atoms. The minimum absolute atomic E-state index is 0.0517. The molecule has 0 aromatic carbocycles. The minimum atomic E-state index is -0.402. The molecule has 0 aliphatic carbocycles. The molecule has 0 bridgehead atoms. The van der Waals surface area contributed by atoms with E-state index in [0.717, 1.165) is 22.2 Å². The van der Waals surface area contributed by atoms with Crippen molar-refractivity contribution in [2.45, 2.75) is 13.0 Å². The Hall–Kier alpha value is -3.80. The van der Waals surface area contributed by atoms with Crippen molar-refractivity contribution in [1.82, 2.24) is 34.5 Å². The van der Waals surface area contributed by atoms with E-state index in [-0.39, 0.29) is 42.8 Å². The number of amides is 3. The lowest BCUT2D eigenvalue weighted by Gasteiger charge is -2.13. The maximum Gasteiger partial charge on any atom is 0.293 e. The Balaban J connectivity index is 1.28. The lowest BCUT2D eigenvalue weighted by Crippen LogP contribution is -2.37. The number of hydrogen-bond acceptors (Lipinski definition) is 8. The van der Waals surface area contributed by atoms with Crippen LogP contribution in [0.3, 0.4) is 0 Å². The number of aromatic nitrogens is 5. The predicted octanol–water partition coefficient (Wildman–Crippen LogP) is 0.768. The van der Waals surface area contributed by atoms with Gasteiger partial charge in [-0.25, -0.2) is 4.98 Å². The maximum atomic E-state index is 12.5. The third-order valence-corrected chi connectivity index (χ3v) is 5.72. The number of carbonyl (C=O) groups is 3. The Kier molecular flexibility index (Phi) is 6.12. The van der Waals surface area contributed by atoms with E-state index < -0.39 is 5.91 Å². The largest absolute Gasteiger partial charge is 0.354 e. The third kappa shape index (κ3) is 4.44. The van der Waals surface area contributed by atoms with Gasteiger partial charge in [-0.1, -0.05) is 6.07 Å². The number of nitrogens with zero attached hydrogens (tertiary/aromatic N) is 6. The van der Waals surface area contributed by atoms with Crippen molar-refractivity contribution in [2.24, 2.45) is 7.05 Å². The smallest absolute Gasteiger partial charge is 0.293 e. The second-order valence-electron chi connectivity index (χ2n) is 6.97. The van der Waals surface area contributed by atoms with Crippen LogP contribution in [0.4, 0.5) is 4.79 Å². The van der Waals surface area contributed by atoms with Crippen LogP contribution in [0.5, 0.6) is 0 Å². The first-order valence-electron chi connectivity index (χ1n) is 9.73.